The fourth-order valence-corrected chi connectivity index (χ4v) is 2.49. The summed E-state index contributed by atoms with van der Waals surface area (Å²) in [5.41, 5.74) is 2.47. The van der Waals surface area contributed by atoms with Crippen molar-refractivity contribution in [3.8, 4) is 0 Å². The molecule has 0 radical (unpaired) electrons. The molecule has 1 heterocycles. The summed E-state index contributed by atoms with van der Waals surface area (Å²) in [4.78, 5) is 28.8. The second-order valence-electron chi connectivity index (χ2n) is 4.23. The van der Waals surface area contributed by atoms with Crippen LogP contribution >= 0.6 is 22.9 Å². The summed E-state index contributed by atoms with van der Waals surface area (Å²) < 4.78 is 0. The van der Waals surface area contributed by atoms with Crippen molar-refractivity contribution in [2.24, 2.45) is 0 Å². The number of anilines is 1. The minimum absolute atomic E-state index is 0.0717. The lowest BCUT2D eigenvalue weighted by Gasteiger charge is -2.18. The Bertz CT molecular complexity index is 661. The summed E-state index contributed by atoms with van der Waals surface area (Å²) in [5.74, 6) is -1.20. The van der Waals surface area contributed by atoms with E-state index in [2.05, 4.69) is 10.3 Å². The molecule has 0 unspecified atom stereocenters. The number of urea groups is 1. The van der Waals surface area contributed by atoms with E-state index in [1.807, 2.05) is 5.38 Å². The molecule has 2 amide bonds. The van der Waals surface area contributed by atoms with Gasteiger partial charge in [0.15, 0.2) is 0 Å². The average Bonchev–Trinajstić information content (AvgIpc) is 2.91. The van der Waals surface area contributed by atoms with Gasteiger partial charge in [0.1, 0.15) is 5.56 Å². The molecule has 0 aliphatic rings. The van der Waals surface area contributed by atoms with Crippen LogP contribution in [0, 0.1) is 0 Å². The number of carboxylic acids is 1. The van der Waals surface area contributed by atoms with Crippen molar-refractivity contribution in [3.63, 3.8) is 0 Å². The molecule has 110 valence electrons. The van der Waals surface area contributed by atoms with Crippen molar-refractivity contribution in [1.29, 1.82) is 0 Å². The quantitative estimate of drug-likeness (QED) is 0.904. The first-order chi connectivity index (χ1) is 9.99. The van der Waals surface area contributed by atoms with E-state index in [1.165, 1.54) is 28.4 Å². The number of hydrogen-bond acceptors (Lipinski definition) is 4. The molecular formula is C13H12ClN3O3S. The van der Waals surface area contributed by atoms with Crippen LogP contribution in [0.15, 0.2) is 29.1 Å². The van der Waals surface area contributed by atoms with Crippen LogP contribution in [0.2, 0.25) is 5.02 Å². The molecule has 21 heavy (non-hydrogen) atoms. The number of aromatic carboxylic acids is 1. The zero-order valence-corrected chi connectivity index (χ0v) is 12.6. The van der Waals surface area contributed by atoms with Crippen LogP contribution in [0.3, 0.4) is 0 Å². The lowest BCUT2D eigenvalue weighted by molar-refractivity contribution is 0.0698. The molecule has 0 spiro atoms. The third-order valence-corrected chi connectivity index (χ3v) is 3.65. The summed E-state index contributed by atoms with van der Waals surface area (Å²) in [7, 11) is 1.60. The van der Waals surface area contributed by atoms with E-state index in [1.54, 1.807) is 18.6 Å². The number of rotatable bonds is 4. The number of amides is 2. The van der Waals surface area contributed by atoms with E-state index < -0.39 is 12.0 Å². The maximum atomic E-state index is 12.1. The monoisotopic (exact) mass is 325 g/mol. The van der Waals surface area contributed by atoms with Crippen molar-refractivity contribution in [2.75, 3.05) is 12.4 Å². The predicted octanol–water partition coefficient (Wildman–Crippen LogP) is 3.16. The highest BCUT2D eigenvalue weighted by atomic mass is 35.5. The summed E-state index contributed by atoms with van der Waals surface area (Å²) in [6.45, 7) is 0.332. The molecule has 0 atom stereocenters. The zero-order valence-electron chi connectivity index (χ0n) is 11.0. The number of carbonyl (C=O) groups excluding carboxylic acids is 1. The van der Waals surface area contributed by atoms with Gasteiger partial charge in [0.05, 0.1) is 28.5 Å². The molecule has 2 N–H and O–H groups in total. The van der Waals surface area contributed by atoms with Crippen molar-refractivity contribution in [1.82, 2.24) is 9.88 Å². The highest BCUT2D eigenvalue weighted by Gasteiger charge is 2.18. The number of carboxylic acid groups (broad SMARTS) is 1. The topological polar surface area (TPSA) is 82.5 Å². The summed E-state index contributed by atoms with van der Waals surface area (Å²) in [5, 5.41) is 13.6. The molecule has 8 heteroatoms. The minimum Gasteiger partial charge on any atom is -0.478 e. The van der Waals surface area contributed by atoms with Gasteiger partial charge in [-0.3, -0.25) is 0 Å². The van der Waals surface area contributed by atoms with E-state index in [9.17, 15) is 9.59 Å². The first kappa shape index (κ1) is 15.3. The standard InChI is InChI=1S/C13H12ClN3O3S/c1-17(5-8-6-21-7-15-8)13(20)16-10-4-2-3-9(14)11(10)12(18)19/h2-4,6-7H,5H2,1H3,(H,16,20)(H,18,19). The van der Waals surface area contributed by atoms with Gasteiger partial charge in [-0.15, -0.1) is 11.3 Å². The lowest BCUT2D eigenvalue weighted by Crippen LogP contribution is -2.31. The van der Waals surface area contributed by atoms with Crippen molar-refractivity contribution >= 4 is 40.6 Å². The smallest absolute Gasteiger partial charge is 0.339 e. The predicted molar refractivity (Wildman–Crippen MR) is 81.0 cm³/mol. The Balaban J connectivity index is 2.12. The van der Waals surface area contributed by atoms with Crippen LogP contribution < -0.4 is 5.32 Å². The van der Waals surface area contributed by atoms with Gasteiger partial charge in [-0.25, -0.2) is 14.6 Å². The SMILES string of the molecule is CN(Cc1cscn1)C(=O)Nc1cccc(Cl)c1C(=O)O. The van der Waals surface area contributed by atoms with Crippen LogP contribution in [-0.2, 0) is 6.54 Å². The lowest BCUT2D eigenvalue weighted by atomic mass is 10.2. The molecule has 2 rings (SSSR count). The van der Waals surface area contributed by atoms with Crippen LogP contribution in [0.5, 0.6) is 0 Å². The first-order valence-electron chi connectivity index (χ1n) is 5.90. The number of thiazole rings is 1. The summed E-state index contributed by atoms with van der Waals surface area (Å²) in [6, 6.07) is 4.08. The summed E-state index contributed by atoms with van der Waals surface area (Å²) in [6.07, 6.45) is 0. The minimum atomic E-state index is -1.20. The number of nitrogens with zero attached hydrogens (tertiary/aromatic N) is 2. The molecule has 0 saturated carbocycles. The first-order valence-corrected chi connectivity index (χ1v) is 7.22. The third-order valence-electron chi connectivity index (χ3n) is 2.70. The Hall–Kier alpha value is -2.12. The van der Waals surface area contributed by atoms with Gasteiger partial charge in [-0.1, -0.05) is 17.7 Å². The van der Waals surface area contributed by atoms with E-state index >= 15 is 0 Å². The fourth-order valence-electron chi connectivity index (χ4n) is 1.69. The molecule has 0 aliphatic heterocycles. The van der Waals surface area contributed by atoms with Crippen molar-refractivity contribution in [3.05, 3.63) is 45.4 Å². The number of carbonyl (C=O) groups is 2. The van der Waals surface area contributed by atoms with Gasteiger partial charge in [0.25, 0.3) is 0 Å². The number of benzene rings is 1. The Labute approximate surface area is 130 Å². The van der Waals surface area contributed by atoms with E-state index in [4.69, 9.17) is 16.7 Å². The number of halogens is 1. The van der Waals surface area contributed by atoms with Gasteiger partial charge in [0, 0.05) is 12.4 Å². The molecule has 0 fully saturated rings. The summed E-state index contributed by atoms with van der Waals surface area (Å²) >= 11 is 7.29. The molecular weight excluding hydrogens is 314 g/mol. The number of nitrogens with one attached hydrogen (secondary N) is 1. The van der Waals surface area contributed by atoms with Crippen LogP contribution in [0.1, 0.15) is 16.1 Å². The number of aromatic nitrogens is 1. The Morgan fingerprint density at radius 2 is 2.24 bits per heavy atom. The normalized spacial score (nSPS) is 10.2. The van der Waals surface area contributed by atoms with Gasteiger partial charge in [0.2, 0.25) is 0 Å². The van der Waals surface area contributed by atoms with Crippen LogP contribution in [0.4, 0.5) is 10.5 Å². The molecule has 1 aromatic carbocycles. The van der Waals surface area contributed by atoms with Crippen LogP contribution in [0.25, 0.3) is 0 Å². The second kappa shape index (κ2) is 6.55. The van der Waals surface area contributed by atoms with Crippen molar-refractivity contribution < 1.29 is 14.7 Å². The maximum absolute atomic E-state index is 12.1. The molecule has 2 aromatic rings. The Morgan fingerprint density at radius 3 is 2.86 bits per heavy atom. The number of hydrogen-bond donors (Lipinski definition) is 2. The molecule has 0 aliphatic carbocycles. The van der Waals surface area contributed by atoms with Gasteiger partial charge < -0.3 is 15.3 Å². The van der Waals surface area contributed by atoms with Gasteiger partial charge in [-0.2, -0.15) is 0 Å². The maximum Gasteiger partial charge on any atom is 0.339 e. The molecule has 1 aromatic heterocycles. The highest BCUT2D eigenvalue weighted by Crippen LogP contribution is 2.24. The van der Waals surface area contributed by atoms with Gasteiger partial charge >= 0.3 is 12.0 Å². The molecule has 6 nitrogen and oxygen atoms in total. The zero-order chi connectivity index (χ0) is 15.4. The van der Waals surface area contributed by atoms with Crippen molar-refractivity contribution in [2.45, 2.75) is 6.54 Å². The average molecular weight is 326 g/mol. The molecule has 0 bridgehead atoms. The van der Waals surface area contributed by atoms with E-state index in [0.717, 1.165) is 5.69 Å². The van der Waals surface area contributed by atoms with Crippen LogP contribution in [-0.4, -0.2) is 34.0 Å². The largest absolute Gasteiger partial charge is 0.478 e. The Morgan fingerprint density at radius 1 is 1.48 bits per heavy atom. The fraction of sp³-hybridized carbons (Fsp3) is 0.154. The third kappa shape index (κ3) is 3.71. The second-order valence-corrected chi connectivity index (χ2v) is 5.36. The van der Waals surface area contributed by atoms with E-state index in [0.29, 0.717) is 6.54 Å². The highest BCUT2D eigenvalue weighted by molar-refractivity contribution is 7.07. The van der Waals surface area contributed by atoms with Gasteiger partial charge in [-0.05, 0) is 12.1 Å². The molecule has 0 saturated heterocycles. The Kier molecular flexibility index (Phi) is 4.77. The van der Waals surface area contributed by atoms with E-state index in [-0.39, 0.29) is 16.3 Å².